The Morgan fingerprint density at radius 1 is 1.17 bits per heavy atom. The van der Waals surface area contributed by atoms with Gasteiger partial charge in [-0.25, -0.2) is 13.2 Å². The number of aliphatic hydroxyl groups is 1. The molecule has 7 heteroatoms. The Balaban J connectivity index is 2.17. The first kappa shape index (κ1) is 17.8. The van der Waals surface area contributed by atoms with Crippen LogP contribution in [0.15, 0.2) is 36.4 Å². The van der Waals surface area contributed by atoms with Crippen LogP contribution in [0.4, 0.5) is 13.2 Å². The van der Waals surface area contributed by atoms with Crippen LogP contribution in [0.25, 0.3) is 0 Å². The zero-order valence-electron chi connectivity index (χ0n) is 13.1. The van der Waals surface area contributed by atoms with E-state index in [9.17, 15) is 23.1 Å². The van der Waals surface area contributed by atoms with Gasteiger partial charge < -0.3 is 15.2 Å². The third-order valence-electron chi connectivity index (χ3n) is 3.51. The van der Waals surface area contributed by atoms with Crippen molar-refractivity contribution in [3.63, 3.8) is 0 Å². The second-order valence-electron chi connectivity index (χ2n) is 5.43. The predicted octanol–water partition coefficient (Wildman–Crippen LogP) is 2.75. The van der Waals surface area contributed by atoms with Crippen molar-refractivity contribution in [1.29, 1.82) is 0 Å². The highest BCUT2D eigenvalue weighted by Gasteiger charge is 2.28. The number of halogens is 3. The first-order chi connectivity index (χ1) is 11.2. The van der Waals surface area contributed by atoms with E-state index in [1.54, 1.807) is 0 Å². The highest BCUT2D eigenvalue weighted by atomic mass is 19.1. The van der Waals surface area contributed by atoms with Crippen LogP contribution < -0.4 is 10.1 Å². The fraction of sp³-hybridized carbons (Fsp3) is 0.235. The van der Waals surface area contributed by atoms with E-state index in [0.29, 0.717) is 6.07 Å². The molecule has 2 aromatic carbocycles. The zero-order chi connectivity index (χ0) is 17.9. The summed E-state index contributed by atoms with van der Waals surface area (Å²) in [7, 11) is 1.33. The summed E-state index contributed by atoms with van der Waals surface area (Å²) in [5, 5.41) is 12.7. The second-order valence-corrected chi connectivity index (χ2v) is 5.43. The monoisotopic (exact) mass is 339 g/mol. The molecular weight excluding hydrogens is 323 g/mol. The number of methoxy groups -OCH3 is 1. The summed E-state index contributed by atoms with van der Waals surface area (Å²) < 4.78 is 45.0. The van der Waals surface area contributed by atoms with Gasteiger partial charge in [0.05, 0.1) is 19.2 Å². The maximum Gasteiger partial charge on any atom is 0.255 e. The summed E-state index contributed by atoms with van der Waals surface area (Å²) in [6.07, 6.45) is 0. The van der Waals surface area contributed by atoms with Gasteiger partial charge in [-0.3, -0.25) is 4.79 Å². The molecule has 0 radical (unpaired) electrons. The minimum Gasteiger partial charge on any atom is -0.496 e. The SMILES string of the molecule is COc1ccc(F)cc1C(=O)NCC(C)(O)c1ccc(F)cc1F. The van der Waals surface area contributed by atoms with Crippen LogP contribution in [0.2, 0.25) is 0 Å². The number of benzene rings is 2. The Labute approximate surface area is 136 Å². The molecule has 2 rings (SSSR count). The molecule has 2 aromatic rings. The van der Waals surface area contributed by atoms with Crippen LogP contribution in [0.3, 0.4) is 0 Å². The standard InChI is InChI=1S/C17H16F3NO3/c1-17(23,13-5-3-11(19)8-14(13)20)9-21-16(22)12-7-10(18)4-6-15(12)24-2/h3-8,23H,9H2,1-2H3,(H,21,22). The van der Waals surface area contributed by atoms with Crippen molar-refractivity contribution in [1.82, 2.24) is 5.32 Å². The van der Waals surface area contributed by atoms with Crippen molar-refractivity contribution in [2.24, 2.45) is 0 Å². The minimum atomic E-state index is -1.78. The summed E-state index contributed by atoms with van der Waals surface area (Å²) in [5.41, 5.74) is -2.02. The second kappa shape index (κ2) is 6.92. The molecule has 0 aliphatic rings. The fourth-order valence-corrected chi connectivity index (χ4v) is 2.23. The molecular formula is C17H16F3NO3. The van der Waals surface area contributed by atoms with Crippen molar-refractivity contribution in [3.05, 3.63) is 65.0 Å². The normalized spacial score (nSPS) is 13.2. The van der Waals surface area contributed by atoms with Gasteiger partial charge >= 0.3 is 0 Å². The molecule has 0 saturated heterocycles. The highest BCUT2D eigenvalue weighted by Crippen LogP contribution is 2.24. The largest absolute Gasteiger partial charge is 0.496 e. The van der Waals surface area contributed by atoms with Gasteiger partial charge in [-0.15, -0.1) is 0 Å². The molecule has 1 unspecified atom stereocenters. The van der Waals surface area contributed by atoms with Gasteiger partial charge in [-0.2, -0.15) is 0 Å². The molecule has 2 N–H and O–H groups in total. The Morgan fingerprint density at radius 2 is 1.79 bits per heavy atom. The quantitative estimate of drug-likeness (QED) is 0.881. The van der Waals surface area contributed by atoms with Crippen molar-refractivity contribution in [3.8, 4) is 5.75 Å². The van der Waals surface area contributed by atoms with E-state index in [1.165, 1.54) is 20.1 Å². The van der Waals surface area contributed by atoms with E-state index >= 15 is 0 Å². The molecule has 0 bridgehead atoms. The van der Waals surface area contributed by atoms with Gasteiger partial charge in [0, 0.05) is 11.6 Å². The molecule has 1 amide bonds. The lowest BCUT2D eigenvalue weighted by Crippen LogP contribution is -2.39. The molecule has 24 heavy (non-hydrogen) atoms. The molecule has 0 heterocycles. The zero-order valence-corrected chi connectivity index (χ0v) is 13.1. The molecule has 0 spiro atoms. The minimum absolute atomic E-state index is 0.0621. The van der Waals surface area contributed by atoms with E-state index in [-0.39, 0.29) is 23.4 Å². The molecule has 0 fully saturated rings. The van der Waals surface area contributed by atoms with Gasteiger partial charge in [0.15, 0.2) is 0 Å². The molecule has 0 aliphatic heterocycles. The molecule has 0 saturated carbocycles. The van der Waals surface area contributed by atoms with Crippen LogP contribution in [0.5, 0.6) is 5.75 Å². The average Bonchev–Trinajstić information content (AvgIpc) is 2.52. The Hall–Kier alpha value is -2.54. The molecule has 128 valence electrons. The number of nitrogens with one attached hydrogen (secondary N) is 1. The average molecular weight is 339 g/mol. The Bertz CT molecular complexity index is 763. The number of hydrogen-bond donors (Lipinski definition) is 2. The van der Waals surface area contributed by atoms with E-state index in [4.69, 9.17) is 4.74 Å². The number of carbonyl (C=O) groups is 1. The van der Waals surface area contributed by atoms with Crippen LogP contribution >= 0.6 is 0 Å². The first-order valence-corrected chi connectivity index (χ1v) is 7.04. The number of hydrogen-bond acceptors (Lipinski definition) is 3. The van der Waals surface area contributed by atoms with Crippen LogP contribution in [0.1, 0.15) is 22.8 Å². The van der Waals surface area contributed by atoms with E-state index in [0.717, 1.165) is 24.3 Å². The Morgan fingerprint density at radius 3 is 2.42 bits per heavy atom. The highest BCUT2D eigenvalue weighted by molar-refractivity contribution is 5.97. The van der Waals surface area contributed by atoms with Crippen LogP contribution in [-0.4, -0.2) is 24.7 Å². The fourth-order valence-electron chi connectivity index (χ4n) is 2.23. The third-order valence-corrected chi connectivity index (χ3v) is 3.51. The van der Waals surface area contributed by atoms with E-state index < -0.39 is 29.0 Å². The van der Waals surface area contributed by atoms with Crippen molar-refractivity contribution < 1.29 is 27.8 Å². The van der Waals surface area contributed by atoms with E-state index in [2.05, 4.69) is 5.32 Å². The summed E-state index contributed by atoms with van der Waals surface area (Å²) in [4.78, 5) is 12.2. The summed E-state index contributed by atoms with van der Waals surface area (Å²) in [6.45, 7) is 0.903. The number of carbonyl (C=O) groups excluding carboxylic acids is 1. The number of rotatable bonds is 5. The number of amides is 1. The van der Waals surface area contributed by atoms with Crippen molar-refractivity contribution in [2.75, 3.05) is 13.7 Å². The summed E-state index contributed by atoms with van der Waals surface area (Å²) >= 11 is 0. The van der Waals surface area contributed by atoms with Crippen molar-refractivity contribution in [2.45, 2.75) is 12.5 Å². The van der Waals surface area contributed by atoms with Gasteiger partial charge in [-0.1, -0.05) is 6.07 Å². The number of ether oxygens (including phenoxy) is 1. The molecule has 0 aromatic heterocycles. The first-order valence-electron chi connectivity index (χ1n) is 7.04. The van der Waals surface area contributed by atoms with E-state index in [1.807, 2.05) is 0 Å². The smallest absolute Gasteiger partial charge is 0.255 e. The van der Waals surface area contributed by atoms with Gasteiger partial charge in [0.1, 0.15) is 28.8 Å². The van der Waals surface area contributed by atoms with Crippen LogP contribution in [0, 0.1) is 17.5 Å². The topological polar surface area (TPSA) is 58.6 Å². The van der Waals surface area contributed by atoms with Gasteiger partial charge in [-0.05, 0) is 31.2 Å². The lowest BCUT2D eigenvalue weighted by Gasteiger charge is -2.25. The van der Waals surface area contributed by atoms with Gasteiger partial charge in [0.25, 0.3) is 5.91 Å². The molecule has 1 atom stereocenters. The maximum atomic E-state index is 13.8. The Kier molecular flexibility index (Phi) is 5.14. The summed E-state index contributed by atoms with van der Waals surface area (Å²) in [5.74, 6) is -2.88. The predicted molar refractivity (Wildman–Crippen MR) is 81.2 cm³/mol. The maximum absolute atomic E-state index is 13.8. The summed E-state index contributed by atoms with van der Waals surface area (Å²) in [6, 6.07) is 6.16. The lowest BCUT2D eigenvalue weighted by molar-refractivity contribution is 0.0493. The molecule has 0 aliphatic carbocycles. The van der Waals surface area contributed by atoms with Gasteiger partial charge in [0.2, 0.25) is 0 Å². The van der Waals surface area contributed by atoms with Crippen molar-refractivity contribution >= 4 is 5.91 Å². The molecule has 4 nitrogen and oxygen atoms in total. The third kappa shape index (κ3) is 3.86. The lowest BCUT2D eigenvalue weighted by atomic mass is 9.95. The van der Waals surface area contributed by atoms with Crippen LogP contribution in [-0.2, 0) is 5.60 Å².